The van der Waals surface area contributed by atoms with Crippen molar-refractivity contribution in [3.05, 3.63) is 71.5 Å². The lowest BCUT2D eigenvalue weighted by Gasteiger charge is -2.00. The van der Waals surface area contributed by atoms with Crippen LogP contribution in [0.2, 0.25) is 5.02 Å². The molecule has 0 amide bonds. The number of rotatable bonds is 5. The summed E-state index contributed by atoms with van der Waals surface area (Å²) in [5.41, 5.74) is 1.63. The van der Waals surface area contributed by atoms with Crippen molar-refractivity contribution in [3.63, 3.8) is 0 Å². The molecule has 0 radical (unpaired) electrons. The van der Waals surface area contributed by atoms with Crippen molar-refractivity contribution in [2.45, 2.75) is 5.16 Å². The molecule has 6 heteroatoms. The lowest BCUT2D eigenvalue weighted by atomic mass is 10.1. The van der Waals surface area contributed by atoms with Crippen LogP contribution in [-0.4, -0.2) is 21.6 Å². The molecular weight excluding hydrogens is 318 g/mol. The van der Waals surface area contributed by atoms with E-state index in [1.54, 1.807) is 30.6 Å². The number of nitrogens with one attached hydrogen (secondary N) is 1. The van der Waals surface area contributed by atoms with E-state index in [0.29, 0.717) is 16.3 Å². The van der Waals surface area contributed by atoms with Crippen LogP contribution in [0.15, 0.2) is 66.1 Å². The SMILES string of the molecule is O=C(CSc1nc[nH][n+]1-c1ccccc1)c1ccc(Cl)cc1. The Balaban J connectivity index is 1.71. The van der Waals surface area contributed by atoms with Gasteiger partial charge in [0.05, 0.1) is 5.75 Å². The van der Waals surface area contributed by atoms with Crippen molar-refractivity contribution in [2.75, 3.05) is 5.75 Å². The van der Waals surface area contributed by atoms with E-state index in [4.69, 9.17) is 11.6 Å². The van der Waals surface area contributed by atoms with Crippen molar-refractivity contribution in [1.29, 1.82) is 0 Å². The molecule has 1 heterocycles. The maximum absolute atomic E-state index is 12.2. The fourth-order valence-electron chi connectivity index (χ4n) is 1.97. The van der Waals surface area contributed by atoms with Gasteiger partial charge in [-0.05, 0) is 53.1 Å². The highest BCUT2D eigenvalue weighted by molar-refractivity contribution is 7.99. The topological polar surface area (TPSA) is 49.6 Å². The van der Waals surface area contributed by atoms with Gasteiger partial charge in [-0.2, -0.15) is 5.10 Å². The Labute approximate surface area is 137 Å². The zero-order valence-corrected chi connectivity index (χ0v) is 13.1. The number of nitrogens with zero attached hydrogens (tertiary/aromatic N) is 2. The van der Waals surface area contributed by atoms with Crippen LogP contribution in [0.25, 0.3) is 5.69 Å². The van der Waals surface area contributed by atoms with Gasteiger partial charge in [-0.3, -0.25) is 4.79 Å². The first-order valence-electron chi connectivity index (χ1n) is 6.66. The maximum atomic E-state index is 12.2. The van der Waals surface area contributed by atoms with E-state index in [2.05, 4.69) is 10.1 Å². The highest BCUT2D eigenvalue weighted by Gasteiger charge is 2.18. The highest BCUT2D eigenvalue weighted by atomic mass is 35.5. The van der Waals surface area contributed by atoms with Crippen LogP contribution < -0.4 is 4.68 Å². The minimum atomic E-state index is 0.0456. The molecule has 0 saturated carbocycles. The molecule has 0 aliphatic rings. The van der Waals surface area contributed by atoms with Gasteiger partial charge in [0.2, 0.25) is 6.33 Å². The number of aromatic amines is 1. The third-order valence-electron chi connectivity index (χ3n) is 3.07. The van der Waals surface area contributed by atoms with Crippen LogP contribution in [-0.2, 0) is 0 Å². The molecule has 2 aromatic carbocycles. The Morgan fingerprint density at radius 2 is 1.86 bits per heavy atom. The standard InChI is InChI=1S/C16H12ClN3OS/c17-13-8-6-12(7-9-13)15(21)10-22-16-18-11-19-20(16)14-4-2-1-3-5-14/h1-9,11H,10H2/p+1. The molecule has 0 aliphatic heterocycles. The van der Waals surface area contributed by atoms with E-state index in [1.165, 1.54) is 11.8 Å². The molecule has 1 N–H and O–H groups in total. The second-order valence-electron chi connectivity index (χ2n) is 4.56. The molecule has 22 heavy (non-hydrogen) atoms. The van der Waals surface area contributed by atoms with E-state index in [-0.39, 0.29) is 5.78 Å². The summed E-state index contributed by atoms with van der Waals surface area (Å²) < 4.78 is 1.85. The van der Waals surface area contributed by atoms with Crippen LogP contribution in [0.4, 0.5) is 0 Å². The Bertz CT molecular complexity index is 772. The summed E-state index contributed by atoms with van der Waals surface area (Å²) in [5, 5.41) is 4.42. The van der Waals surface area contributed by atoms with Crippen LogP contribution in [0.1, 0.15) is 10.4 Å². The molecule has 0 bridgehead atoms. The van der Waals surface area contributed by atoms with Crippen molar-refractivity contribution in [3.8, 4) is 5.69 Å². The first-order chi connectivity index (χ1) is 10.7. The Kier molecular flexibility index (Phi) is 4.56. The molecule has 0 fully saturated rings. The summed E-state index contributed by atoms with van der Waals surface area (Å²) in [4.78, 5) is 16.5. The zero-order valence-electron chi connectivity index (χ0n) is 11.6. The van der Waals surface area contributed by atoms with Gasteiger partial charge in [0.1, 0.15) is 0 Å². The fraction of sp³-hybridized carbons (Fsp3) is 0.0625. The number of benzene rings is 2. The molecule has 1 aromatic heterocycles. The molecule has 0 aliphatic carbocycles. The molecule has 0 unspecified atom stereocenters. The summed E-state index contributed by atoms with van der Waals surface area (Å²) in [5.74, 6) is 0.364. The van der Waals surface area contributed by atoms with Gasteiger partial charge in [-0.15, -0.1) is 4.68 Å². The van der Waals surface area contributed by atoms with Gasteiger partial charge in [-0.1, -0.05) is 29.8 Å². The number of hydrogen-bond acceptors (Lipinski definition) is 3. The molecular formula is C16H13ClN3OS+. The van der Waals surface area contributed by atoms with Gasteiger partial charge in [0, 0.05) is 10.6 Å². The van der Waals surface area contributed by atoms with Crippen LogP contribution in [0.3, 0.4) is 0 Å². The van der Waals surface area contributed by atoms with Crippen molar-refractivity contribution in [2.24, 2.45) is 0 Å². The van der Waals surface area contributed by atoms with Gasteiger partial charge in [-0.25, -0.2) is 0 Å². The second kappa shape index (κ2) is 6.77. The number of Topliss-reactive ketones (excluding diaryl/α,β-unsaturated/α-hetero) is 1. The fourth-order valence-corrected chi connectivity index (χ4v) is 2.94. The second-order valence-corrected chi connectivity index (χ2v) is 5.94. The first kappa shape index (κ1) is 14.8. The lowest BCUT2D eigenvalue weighted by molar-refractivity contribution is -0.694. The van der Waals surface area contributed by atoms with E-state index in [1.807, 2.05) is 35.0 Å². The number of carbonyl (C=O) groups is 1. The van der Waals surface area contributed by atoms with Crippen molar-refractivity contribution in [1.82, 2.24) is 10.1 Å². The van der Waals surface area contributed by atoms with Crippen LogP contribution >= 0.6 is 23.4 Å². The summed E-state index contributed by atoms with van der Waals surface area (Å²) >= 11 is 7.22. The van der Waals surface area contributed by atoms with E-state index in [0.717, 1.165) is 10.8 Å². The molecule has 3 rings (SSSR count). The number of thioether (sulfide) groups is 1. The summed E-state index contributed by atoms with van der Waals surface area (Å²) in [6.07, 6.45) is 1.61. The molecule has 3 aromatic rings. The van der Waals surface area contributed by atoms with Gasteiger partial charge in [0.15, 0.2) is 11.5 Å². The summed E-state index contributed by atoms with van der Waals surface area (Å²) in [7, 11) is 0. The minimum Gasteiger partial charge on any atom is -0.293 e. The maximum Gasteiger partial charge on any atom is 0.385 e. The summed E-state index contributed by atoms with van der Waals surface area (Å²) in [6.45, 7) is 0. The summed E-state index contributed by atoms with van der Waals surface area (Å²) in [6, 6.07) is 16.7. The highest BCUT2D eigenvalue weighted by Crippen LogP contribution is 2.16. The predicted molar refractivity (Wildman–Crippen MR) is 86.6 cm³/mol. The third-order valence-corrected chi connectivity index (χ3v) is 4.27. The number of ketones is 1. The Hall–Kier alpha value is -2.11. The number of para-hydroxylation sites is 1. The predicted octanol–water partition coefficient (Wildman–Crippen LogP) is 3.31. The van der Waals surface area contributed by atoms with Crippen LogP contribution in [0, 0.1) is 0 Å². The molecule has 0 atom stereocenters. The van der Waals surface area contributed by atoms with Crippen LogP contribution in [0.5, 0.6) is 0 Å². The average molecular weight is 331 g/mol. The monoisotopic (exact) mass is 330 g/mol. The number of hydrogen-bond donors (Lipinski definition) is 1. The zero-order chi connectivity index (χ0) is 15.4. The molecule has 110 valence electrons. The largest absolute Gasteiger partial charge is 0.385 e. The van der Waals surface area contributed by atoms with Gasteiger partial charge >= 0.3 is 5.16 Å². The minimum absolute atomic E-state index is 0.0456. The number of H-pyrrole nitrogens is 1. The number of carbonyl (C=O) groups excluding carboxylic acids is 1. The van der Waals surface area contributed by atoms with Crippen molar-refractivity contribution >= 4 is 29.1 Å². The lowest BCUT2D eigenvalue weighted by Crippen LogP contribution is -2.34. The third kappa shape index (κ3) is 3.37. The Morgan fingerprint density at radius 1 is 1.14 bits per heavy atom. The Morgan fingerprint density at radius 3 is 2.59 bits per heavy atom. The normalized spacial score (nSPS) is 10.6. The van der Waals surface area contributed by atoms with E-state index in [9.17, 15) is 4.79 Å². The smallest absolute Gasteiger partial charge is 0.293 e. The first-order valence-corrected chi connectivity index (χ1v) is 8.03. The van der Waals surface area contributed by atoms with Crippen molar-refractivity contribution < 1.29 is 9.48 Å². The average Bonchev–Trinajstić information content (AvgIpc) is 3.02. The molecule has 0 spiro atoms. The van der Waals surface area contributed by atoms with Gasteiger partial charge in [0.25, 0.3) is 0 Å². The van der Waals surface area contributed by atoms with E-state index >= 15 is 0 Å². The molecule has 4 nitrogen and oxygen atoms in total. The molecule has 0 saturated heterocycles. The van der Waals surface area contributed by atoms with Gasteiger partial charge < -0.3 is 0 Å². The van der Waals surface area contributed by atoms with E-state index < -0.39 is 0 Å². The quantitative estimate of drug-likeness (QED) is 0.443. The number of halogens is 1. The number of aromatic nitrogens is 3.